The summed E-state index contributed by atoms with van der Waals surface area (Å²) in [4.78, 5) is 54.4. The van der Waals surface area contributed by atoms with Crippen LogP contribution in [0.3, 0.4) is 0 Å². The van der Waals surface area contributed by atoms with Gasteiger partial charge in [-0.1, -0.05) is 54.6 Å². The molecule has 15 nitrogen and oxygen atoms in total. The summed E-state index contributed by atoms with van der Waals surface area (Å²) < 4.78 is 0. The number of carbonyl (C=O) groups is 3. The number of phenolic OH excluding ortho intramolecular Hbond substituents is 3. The summed E-state index contributed by atoms with van der Waals surface area (Å²) in [6.07, 6.45) is 0. The minimum Gasteiger partial charge on any atom is -0.506 e. The Morgan fingerprint density at radius 2 is 1.08 bits per heavy atom. The van der Waals surface area contributed by atoms with E-state index in [9.17, 15) is 29.7 Å². The van der Waals surface area contributed by atoms with Gasteiger partial charge in [0, 0.05) is 55.4 Å². The summed E-state index contributed by atoms with van der Waals surface area (Å²) in [5.41, 5.74) is 6.32. The lowest BCUT2D eigenvalue weighted by molar-refractivity contribution is -0.0413. The van der Waals surface area contributed by atoms with E-state index < -0.39 is 17.7 Å². The van der Waals surface area contributed by atoms with E-state index in [1.165, 1.54) is 30.3 Å². The first-order chi connectivity index (χ1) is 24.7. The number of amides is 3. The zero-order chi connectivity index (χ0) is 35.5. The summed E-state index contributed by atoms with van der Waals surface area (Å²) in [6.45, 7) is 1.97. The van der Waals surface area contributed by atoms with Crippen molar-refractivity contribution in [3.05, 3.63) is 108 Å². The maximum absolute atomic E-state index is 14.2. The lowest BCUT2D eigenvalue weighted by Gasteiger charge is -2.35. The summed E-state index contributed by atoms with van der Waals surface area (Å²) in [5.74, 6) is -2.14. The highest BCUT2D eigenvalue weighted by molar-refractivity contribution is 6.00. The molecule has 0 spiro atoms. The Labute approximate surface area is 290 Å². The van der Waals surface area contributed by atoms with Gasteiger partial charge < -0.3 is 20.6 Å². The third-order valence-corrected chi connectivity index (χ3v) is 8.46. The van der Waals surface area contributed by atoms with E-state index in [1.807, 2.05) is 0 Å². The Kier molecular flexibility index (Phi) is 9.22. The predicted octanol–water partition coefficient (Wildman–Crippen LogP) is 2.70. The molecule has 0 aliphatic carbocycles. The highest BCUT2D eigenvalue weighted by Gasteiger charge is 2.29. The van der Waals surface area contributed by atoms with Crippen molar-refractivity contribution in [2.75, 3.05) is 39.3 Å². The highest BCUT2D eigenvalue weighted by Crippen LogP contribution is 2.25. The van der Waals surface area contributed by atoms with Gasteiger partial charge in [-0.2, -0.15) is 10.1 Å². The number of hydrogen-bond acceptors (Lipinski definition) is 12. The third-order valence-electron chi connectivity index (χ3n) is 8.46. The van der Waals surface area contributed by atoms with Gasteiger partial charge in [-0.15, -0.1) is 0 Å². The molecular weight excluding hydrogens is 654 g/mol. The minimum absolute atomic E-state index is 0.0386. The number of hydrogen-bond donors (Lipinski definition) is 6. The Bertz CT molecular complexity index is 2300. The van der Waals surface area contributed by atoms with Crippen LogP contribution in [-0.4, -0.2) is 102 Å². The van der Waals surface area contributed by atoms with Crippen molar-refractivity contribution in [3.63, 3.8) is 0 Å². The molecule has 1 aliphatic heterocycles. The summed E-state index contributed by atoms with van der Waals surface area (Å²) in [5, 5.41) is 40.6. The lowest BCUT2D eigenvalue weighted by atomic mass is 10.2. The Balaban J connectivity index is 1.16. The summed E-state index contributed by atoms with van der Waals surface area (Å²) in [6, 6.07) is 24.3. The molecule has 0 radical (unpaired) electrons. The van der Waals surface area contributed by atoms with Crippen LogP contribution in [0, 0.1) is 0 Å². The molecule has 6 aromatic rings. The van der Waals surface area contributed by atoms with Crippen molar-refractivity contribution in [1.82, 2.24) is 46.3 Å². The Hall–Kier alpha value is -6.42. The van der Waals surface area contributed by atoms with Crippen molar-refractivity contribution in [3.8, 4) is 17.2 Å². The molecule has 6 N–H and O–H groups in total. The fourth-order valence-electron chi connectivity index (χ4n) is 5.80. The number of nitrogens with zero attached hydrogens (tertiary/aromatic N) is 6. The first kappa shape index (κ1) is 33.1. The molecule has 4 heterocycles. The fraction of sp³-hybridized carbons (Fsp3) is 0.167. The van der Waals surface area contributed by atoms with Crippen LogP contribution in [0.15, 0.2) is 91.0 Å². The van der Waals surface area contributed by atoms with Gasteiger partial charge in [0.25, 0.3) is 11.8 Å². The number of benzene rings is 3. The maximum Gasteiger partial charge on any atom is 0.306 e. The number of fused-ring (bicyclic) bond motifs is 3. The number of rotatable bonds is 5. The van der Waals surface area contributed by atoms with Crippen molar-refractivity contribution in [1.29, 1.82) is 0 Å². The number of nitrogens with one attached hydrogen (secondary N) is 3. The monoisotopic (exact) mass is 687 g/mol. The van der Waals surface area contributed by atoms with E-state index in [-0.39, 0.29) is 65.0 Å². The van der Waals surface area contributed by atoms with Crippen molar-refractivity contribution in [2.45, 2.75) is 0 Å². The average molecular weight is 688 g/mol. The van der Waals surface area contributed by atoms with Crippen LogP contribution in [0.1, 0.15) is 31.5 Å². The van der Waals surface area contributed by atoms with Crippen molar-refractivity contribution >= 4 is 50.4 Å². The van der Waals surface area contributed by atoms with Gasteiger partial charge in [-0.25, -0.2) is 25.4 Å². The van der Waals surface area contributed by atoms with Gasteiger partial charge in [0.15, 0.2) is 0 Å². The van der Waals surface area contributed by atoms with E-state index in [2.05, 4.69) is 31.1 Å². The van der Waals surface area contributed by atoms with Crippen LogP contribution >= 0.6 is 0 Å². The minimum atomic E-state index is -0.722. The quantitative estimate of drug-likeness (QED) is 0.145. The second-order valence-electron chi connectivity index (χ2n) is 11.8. The summed E-state index contributed by atoms with van der Waals surface area (Å²) >= 11 is 0. The van der Waals surface area contributed by atoms with Crippen molar-refractivity contribution < 1.29 is 29.7 Å². The molecule has 15 heteroatoms. The normalized spacial score (nSPS) is 14.4. The SMILES string of the molecule is O=C(NN1CCNCCN(N(NC(=O)c2ccc3cccc(O)c3n2)C(=O)c2ccc3cccc(O)c3n2)CC1)c1ccc2cccc(O)c2n1. The first-order valence-electron chi connectivity index (χ1n) is 16.2. The van der Waals surface area contributed by atoms with Crippen LogP contribution < -0.4 is 16.2 Å². The molecule has 0 unspecified atom stereocenters. The first-order valence-corrected chi connectivity index (χ1v) is 16.2. The smallest absolute Gasteiger partial charge is 0.306 e. The molecule has 258 valence electrons. The van der Waals surface area contributed by atoms with Gasteiger partial charge >= 0.3 is 5.91 Å². The van der Waals surface area contributed by atoms with Crippen LogP contribution in [0.25, 0.3) is 32.7 Å². The second kappa shape index (κ2) is 14.2. The fourth-order valence-corrected chi connectivity index (χ4v) is 5.80. The number of para-hydroxylation sites is 3. The average Bonchev–Trinajstić information content (AvgIpc) is 3.26. The van der Waals surface area contributed by atoms with Gasteiger partial charge in [0.1, 0.15) is 50.9 Å². The molecule has 1 aliphatic rings. The zero-order valence-electron chi connectivity index (χ0n) is 27.2. The number of phenols is 3. The second-order valence-corrected chi connectivity index (χ2v) is 11.8. The number of aromatic nitrogens is 3. The van der Waals surface area contributed by atoms with E-state index >= 15 is 0 Å². The standard InChI is InChI=1S/C36H33N9O6/c46-28-7-1-4-22-10-13-25(38-31(22)28)34(49)41-43-18-16-37-17-19-44(21-20-43)45(36(51)27-15-12-24-6-3-9-30(48)33(24)40-27)42-35(50)26-14-11-23-5-2-8-29(47)32(23)39-26/h1-15,37,46-48H,16-21H2,(H,41,49)(H,42,50). The number of hydrazine groups is 3. The molecule has 3 aromatic carbocycles. The van der Waals surface area contributed by atoms with E-state index in [0.29, 0.717) is 41.3 Å². The Morgan fingerprint density at radius 3 is 1.65 bits per heavy atom. The molecule has 3 aromatic heterocycles. The van der Waals surface area contributed by atoms with Gasteiger partial charge in [-0.3, -0.25) is 19.8 Å². The maximum atomic E-state index is 14.2. The summed E-state index contributed by atoms with van der Waals surface area (Å²) in [7, 11) is 0. The number of pyridine rings is 3. The molecule has 0 saturated carbocycles. The molecule has 1 saturated heterocycles. The van der Waals surface area contributed by atoms with Gasteiger partial charge in [0.05, 0.1) is 0 Å². The third kappa shape index (κ3) is 7.02. The molecule has 3 amide bonds. The van der Waals surface area contributed by atoms with Crippen LogP contribution in [0.4, 0.5) is 0 Å². The van der Waals surface area contributed by atoms with E-state index in [0.717, 1.165) is 5.12 Å². The van der Waals surface area contributed by atoms with E-state index in [4.69, 9.17) is 0 Å². The molecule has 51 heavy (non-hydrogen) atoms. The topological polar surface area (TPSA) is 196 Å². The van der Waals surface area contributed by atoms with Crippen LogP contribution in [0.5, 0.6) is 17.2 Å². The lowest BCUT2D eigenvalue weighted by Crippen LogP contribution is -2.59. The Morgan fingerprint density at radius 1 is 0.588 bits per heavy atom. The van der Waals surface area contributed by atoms with Gasteiger partial charge in [0.2, 0.25) is 0 Å². The van der Waals surface area contributed by atoms with Crippen molar-refractivity contribution in [2.24, 2.45) is 0 Å². The molecule has 0 atom stereocenters. The van der Waals surface area contributed by atoms with E-state index in [1.54, 1.807) is 70.7 Å². The molecule has 1 fully saturated rings. The number of carbonyl (C=O) groups excluding carboxylic acids is 3. The zero-order valence-corrected chi connectivity index (χ0v) is 27.2. The van der Waals surface area contributed by atoms with Crippen LogP contribution in [0.2, 0.25) is 0 Å². The largest absolute Gasteiger partial charge is 0.506 e. The van der Waals surface area contributed by atoms with Gasteiger partial charge in [-0.05, 0) is 36.4 Å². The van der Waals surface area contributed by atoms with Crippen LogP contribution in [-0.2, 0) is 0 Å². The molecule has 0 bridgehead atoms. The molecular formula is C36H33N9O6. The highest BCUT2D eigenvalue weighted by atomic mass is 16.3. The number of aromatic hydroxyl groups is 3. The predicted molar refractivity (Wildman–Crippen MR) is 187 cm³/mol. The molecule has 7 rings (SSSR count).